The van der Waals surface area contributed by atoms with E-state index in [1.807, 2.05) is 62.4 Å². The second-order valence-corrected chi connectivity index (χ2v) is 7.52. The third kappa shape index (κ3) is 7.04. The molecule has 0 spiro atoms. The Morgan fingerprint density at radius 3 is 2.73 bits per heavy atom. The van der Waals surface area contributed by atoms with Crippen LogP contribution in [0.2, 0.25) is 0 Å². The Bertz CT molecular complexity index is 788. The Morgan fingerprint density at radius 1 is 1.17 bits per heavy atom. The van der Waals surface area contributed by atoms with E-state index >= 15 is 0 Å². The normalized spacial score (nSPS) is 17.2. The summed E-state index contributed by atoms with van der Waals surface area (Å²) in [5.41, 5.74) is 2.69. The number of hydrogen-bond acceptors (Lipinski definition) is 5. The van der Waals surface area contributed by atoms with Gasteiger partial charge in [0.2, 0.25) is 5.91 Å². The van der Waals surface area contributed by atoms with Crippen LogP contribution in [0.3, 0.4) is 0 Å². The van der Waals surface area contributed by atoms with Crippen molar-refractivity contribution in [3.8, 4) is 5.75 Å². The molecule has 0 aromatic heterocycles. The number of ether oxygens (including phenoxy) is 3. The SMILES string of the molecule is CCOc1ccc(NC(=O)C(C)Nc2cccc(COCC3CCCCO3)c2)cc1. The zero-order chi connectivity index (χ0) is 21.2. The van der Waals surface area contributed by atoms with Crippen molar-refractivity contribution in [2.24, 2.45) is 0 Å². The second-order valence-electron chi connectivity index (χ2n) is 7.52. The molecule has 2 atom stereocenters. The van der Waals surface area contributed by atoms with Gasteiger partial charge < -0.3 is 24.8 Å². The van der Waals surface area contributed by atoms with Crippen LogP contribution in [0.25, 0.3) is 0 Å². The van der Waals surface area contributed by atoms with E-state index in [1.165, 1.54) is 6.42 Å². The average molecular weight is 413 g/mol. The maximum atomic E-state index is 12.5. The summed E-state index contributed by atoms with van der Waals surface area (Å²) in [5.74, 6) is 0.686. The number of carbonyl (C=O) groups excluding carboxylic acids is 1. The van der Waals surface area contributed by atoms with E-state index in [9.17, 15) is 4.79 Å². The Morgan fingerprint density at radius 2 is 2.00 bits per heavy atom. The highest BCUT2D eigenvalue weighted by atomic mass is 16.5. The van der Waals surface area contributed by atoms with Crippen LogP contribution in [0.1, 0.15) is 38.7 Å². The lowest BCUT2D eigenvalue weighted by atomic mass is 10.1. The maximum absolute atomic E-state index is 12.5. The molecule has 1 heterocycles. The van der Waals surface area contributed by atoms with E-state index in [4.69, 9.17) is 14.2 Å². The lowest BCUT2D eigenvalue weighted by Crippen LogP contribution is -2.31. The summed E-state index contributed by atoms with van der Waals surface area (Å²) in [6.45, 7) is 6.39. The fourth-order valence-corrected chi connectivity index (χ4v) is 3.37. The van der Waals surface area contributed by atoms with Gasteiger partial charge in [-0.2, -0.15) is 0 Å². The van der Waals surface area contributed by atoms with Crippen molar-refractivity contribution in [3.63, 3.8) is 0 Å². The largest absolute Gasteiger partial charge is 0.494 e. The fraction of sp³-hybridized carbons (Fsp3) is 0.458. The van der Waals surface area contributed by atoms with Gasteiger partial charge in [0, 0.05) is 18.0 Å². The van der Waals surface area contributed by atoms with Gasteiger partial charge in [0.05, 0.1) is 25.9 Å². The molecule has 2 unspecified atom stereocenters. The zero-order valence-electron chi connectivity index (χ0n) is 17.9. The number of rotatable bonds is 10. The van der Waals surface area contributed by atoms with Crippen LogP contribution in [-0.2, 0) is 20.9 Å². The standard InChI is InChI=1S/C24H32N2O4/c1-3-29-22-12-10-20(11-13-22)26-24(27)18(2)25-21-8-6-7-19(15-21)16-28-17-23-9-4-5-14-30-23/h6-8,10-13,15,18,23,25H,3-5,9,14,16-17H2,1-2H3,(H,26,27). The van der Waals surface area contributed by atoms with Crippen molar-refractivity contribution in [3.05, 3.63) is 54.1 Å². The smallest absolute Gasteiger partial charge is 0.246 e. The highest BCUT2D eigenvalue weighted by Crippen LogP contribution is 2.18. The molecule has 0 aliphatic carbocycles. The molecule has 0 bridgehead atoms. The minimum Gasteiger partial charge on any atom is -0.494 e. The zero-order valence-corrected chi connectivity index (χ0v) is 17.9. The van der Waals surface area contributed by atoms with Gasteiger partial charge in [-0.25, -0.2) is 0 Å². The highest BCUT2D eigenvalue weighted by Gasteiger charge is 2.15. The number of anilines is 2. The van der Waals surface area contributed by atoms with Crippen LogP contribution in [0.5, 0.6) is 5.75 Å². The first-order chi connectivity index (χ1) is 14.6. The number of hydrogen-bond donors (Lipinski definition) is 2. The Balaban J connectivity index is 1.46. The second kappa shape index (κ2) is 11.6. The molecule has 0 saturated carbocycles. The minimum absolute atomic E-state index is 0.102. The van der Waals surface area contributed by atoms with Crippen molar-refractivity contribution in [2.45, 2.75) is 51.9 Å². The van der Waals surface area contributed by atoms with E-state index < -0.39 is 0 Å². The van der Waals surface area contributed by atoms with Gasteiger partial charge in [0.15, 0.2) is 0 Å². The number of carbonyl (C=O) groups is 1. The molecule has 1 saturated heterocycles. The lowest BCUT2D eigenvalue weighted by molar-refractivity contribution is -0.116. The minimum atomic E-state index is -0.386. The third-order valence-electron chi connectivity index (χ3n) is 4.98. The van der Waals surface area contributed by atoms with Gasteiger partial charge >= 0.3 is 0 Å². The molecule has 2 N–H and O–H groups in total. The predicted octanol–water partition coefficient (Wildman–Crippen LogP) is 4.61. The summed E-state index contributed by atoms with van der Waals surface area (Å²) < 4.78 is 17.0. The van der Waals surface area contributed by atoms with E-state index in [-0.39, 0.29) is 18.1 Å². The maximum Gasteiger partial charge on any atom is 0.246 e. The molecular formula is C24H32N2O4. The predicted molar refractivity (Wildman–Crippen MR) is 119 cm³/mol. The summed E-state index contributed by atoms with van der Waals surface area (Å²) in [6.07, 6.45) is 3.65. The quantitative estimate of drug-likeness (QED) is 0.596. The molecule has 1 amide bonds. The third-order valence-corrected chi connectivity index (χ3v) is 4.98. The van der Waals surface area contributed by atoms with Gasteiger partial charge in [-0.05, 0) is 75.1 Å². The summed E-state index contributed by atoms with van der Waals surface area (Å²) in [5, 5.41) is 6.18. The average Bonchev–Trinajstić information content (AvgIpc) is 2.76. The van der Waals surface area contributed by atoms with Crippen molar-refractivity contribution in [2.75, 3.05) is 30.5 Å². The summed E-state index contributed by atoms with van der Waals surface area (Å²) in [6, 6.07) is 14.9. The fourth-order valence-electron chi connectivity index (χ4n) is 3.37. The molecule has 1 aliphatic rings. The number of nitrogens with one attached hydrogen (secondary N) is 2. The van der Waals surface area contributed by atoms with E-state index in [0.29, 0.717) is 19.8 Å². The van der Waals surface area contributed by atoms with Gasteiger partial charge in [-0.3, -0.25) is 4.79 Å². The Kier molecular flexibility index (Phi) is 8.53. The Labute approximate surface area is 178 Å². The molecule has 1 fully saturated rings. The molecule has 0 radical (unpaired) electrons. The van der Waals surface area contributed by atoms with Crippen LogP contribution < -0.4 is 15.4 Å². The van der Waals surface area contributed by atoms with Crippen LogP contribution in [0.15, 0.2) is 48.5 Å². The molecule has 3 rings (SSSR count). The van der Waals surface area contributed by atoms with Gasteiger partial charge in [0.1, 0.15) is 11.8 Å². The molecule has 6 heteroatoms. The van der Waals surface area contributed by atoms with E-state index in [0.717, 1.165) is 42.1 Å². The van der Waals surface area contributed by atoms with Gasteiger partial charge in [-0.1, -0.05) is 12.1 Å². The molecule has 162 valence electrons. The first-order valence-corrected chi connectivity index (χ1v) is 10.7. The summed E-state index contributed by atoms with van der Waals surface area (Å²) >= 11 is 0. The molecular weight excluding hydrogens is 380 g/mol. The van der Waals surface area contributed by atoms with E-state index in [1.54, 1.807) is 0 Å². The monoisotopic (exact) mass is 412 g/mol. The van der Waals surface area contributed by atoms with Crippen molar-refractivity contribution < 1.29 is 19.0 Å². The lowest BCUT2D eigenvalue weighted by Gasteiger charge is -2.22. The molecule has 2 aromatic carbocycles. The first-order valence-electron chi connectivity index (χ1n) is 10.7. The van der Waals surface area contributed by atoms with Gasteiger partial charge in [-0.15, -0.1) is 0 Å². The Hall–Kier alpha value is -2.57. The van der Waals surface area contributed by atoms with Crippen LogP contribution in [0, 0.1) is 0 Å². The topological polar surface area (TPSA) is 68.8 Å². The summed E-state index contributed by atoms with van der Waals surface area (Å²) in [4.78, 5) is 12.5. The number of amides is 1. The number of benzene rings is 2. The first kappa shape index (κ1) is 22.1. The van der Waals surface area contributed by atoms with Crippen molar-refractivity contribution in [1.82, 2.24) is 0 Å². The molecule has 6 nitrogen and oxygen atoms in total. The van der Waals surface area contributed by atoms with Crippen LogP contribution in [0.4, 0.5) is 11.4 Å². The van der Waals surface area contributed by atoms with Crippen molar-refractivity contribution in [1.29, 1.82) is 0 Å². The van der Waals surface area contributed by atoms with E-state index in [2.05, 4.69) is 10.6 Å². The van der Waals surface area contributed by atoms with Gasteiger partial charge in [0.25, 0.3) is 0 Å². The van der Waals surface area contributed by atoms with Crippen LogP contribution in [-0.4, -0.2) is 37.9 Å². The highest BCUT2D eigenvalue weighted by molar-refractivity contribution is 5.96. The molecule has 1 aliphatic heterocycles. The van der Waals surface area contributed by atoms with Crippen LogP contribution >= 0.6 is 0 Å². The van der Waals surface area contributed by atoms with Crippen molar-refractivity contribution >= 4 is 17.3 Å². The molecule has 2 aromatic rings. The summed E-state index contributed by atoms with van der Waals surface area (Å²) in [7, 11) is 0. The molecule has 30 heavy (non-hydrogen) atoms.